The van der Waals surface area contributed by atoms with Crippen molar-refractivity contribution in [1.29, 1.82) is 0 Å². The summed E-state index contributed by atoms with van der Waals surface area (Å²) in [5, 5.41) is 0. The molecule has 15 heavy (non-hydrogen) atoms. The lowest BCUT2D eigenvalue weighted by atomic mass is 10.3. The van der Waals surface area contributed by atoms with Gasteiger partial charge in [-0.3, -0.25) is 4.90 Å². The number of hydrogen-bond donors (Lipinski definition) is 0. The van der Waals surface area contributed by atoms with Crippen molar-refractivity contribution in [2.75, 3.05) is 38.5 Å². The Morgan fingerprint density at radius 3 is 2.60 bits per heavy atom. The third kappa shape index (κ3) is 4.53. The monoisotopic (exact) mass is 244 g/mol. The number of hydrogen-bond acceptors (Lipinski definition) is 3. The fourth-order valence-electron chi connectivity index (χ4n) is 1.58. The van der Waals surface area contributed by atoms with Crippen molar-refractivity contribution in [3.8, 4) is 0 Å². The minimum atomic E-state index is 1.00. The first-order valence-electron chi connectivity index (χ1n) is 5.53. The summed E-state index contributed by atoms with van der Waals surface area (Å²) in [6, 6.07) is 0. The molecule has 1 rings (SSSR count). The van der Waals surface area contributed by atoms with Crippen molar-refractivity contribution in [3.63, 3.8) is 0 Å². The van der Waals surface area contributed by atoms with Gasteiger partial charge in [-0.15, -0.1) is 6.58 Å². The molecular formula is C11H20N2S2. The summed E-state index contributed by atoms with van der Waals surface area (Å²) in [7, 11) is 0. The zero-order chi connectivity index (χ0) is 11.1. The molecule has 0 amide bonds. The van der Waals surface area contributed by atoms with Crippen molar-refractivity contribution in [2.45, 2.75) is 13.3 Å². The van der Waals surface area contributed by atoms with Crippen LogP contribution in [0.1, 0.15) is 13.3 Å². The van der Waals surface area contributed by atoms with Gasteiger partial charge in [0.25, 0.3) is 0 Å². The second kappa shape index (κ2) is 7.25. The van der Waals surface area contributed by atoms with Gasteiger partial charge in [0.2, 0.25) is 0 Å². The van der Waals surface area contributed by atoms with Crippen LogP contribution in [0.2, 0.25) is 0 Å². The largest absolute Gasteiger partial charge is 0.355 e. The van der Waals surface area contributed by atoms with E-state index in [9.17, 15) is 0 Å². The summed E-state index contributed by atoms with van der Waals surface area (Å²) in [5.74, 6) is 1.14. The second-order valence-corrected chi connectivity index (χ2v) is 5.42. The molecule has 2 nitrogen and oxygen atoms in total. The van der Waals surface area contributed by atoms with Gasteiger partial charge >= 0.3 is 0 Å². The molecule has 1 aliphatic rings. The topological polar surface area (TPSA) is 6.48 Å². The van der Waals surface area contributed by atoms with Crippen LogP contribution in [0, 0.1) is 0 Å². The fourth-order valence-corrected chi connectivity index (χ4v) is 2.75. The van der Waals surface area contributed by atoms with Gasteiger partial charge in [-0.05, 0) is 12.2 Å². The molecule has 0 aliphatic carbocycles. The predicted molar refractivity (Wildman–Crippen MR) is 73.6 cm³/mol. The van der Waals surface area contributed by atoms with E-state index in [1.165, 1.54) is 6.42 Å². The van der Waals surface area contributed by atoms with Crippen molar-refractivity contribution < 1.29 is 0 Å². The molecule has 1 fully saturated rings. The zero-order valence-electron chi connectivity index (χ0n) is 9.45. The Balaban J connectivity index is 2.24. The van der Waals surface area contributed by atoms with Gasteiger partial charge in [-0.1, -0.05) is 37.0 Å². The van der Waals surface area contributed by atoms with Crippen molar-refractivity contribution in [1.82, 2.24) is 9.80 Å². The van der Waals surface area contributed by atoms with E-state index in [4.69, 9.17) is 12.2 Å². The van der Waals surface area contributed by atoms with Gasteiger partial charge in [0, 0.05) is 32.7 Å². The Labute approximate surface area is 103 Å². The Hall–Kier alpha value is -0.0600. The van der Waals surface area contributed by atoms with Gasteiger partial charge in [-0.25, -0.2) is 0 Å². The molecule has 86 valence electrons. The summed E-state index contributed by atoms with van der Waals surface area (Å²) in [4.78, 5) is 4.74. The number of piperazine rings is 1. The summed E-state index contributed by atoms with van der Waals surface area (Å²) in [6.45, 7) is 11.3. The molecule has 0 aromatic rings. The van der Waals surface area contributed by atoms with Crippen LogP contribution in [0.15, 0.2) is 12.7 Å². The maximum absolute atomic E-state index is 5.39. The van der Waals surface area contributed by atoms with Crippen molar-refractivity contribution in [3.05, 3.63) is 12.7 Å². The second-order valence-electron chi connectivity index (χ2n) is 3.69. The first-order valence-corrected chi connectivity index (χ1v) is 6.92. The molecule has 0 radical (unpaired) electrons. The lowest BCUT2D eigenvalue weighted by molar-refractivity contribution is 0.202. The van der Waals surface area contributed by atoms with Crippen LogP contribution in [0.25, 0.3) is 0 Å². The third-order valence-corrected chi connectivity index (χ3v) is 4.18. The normalized spacial score (nSPS) is 17.8. The van der Waals surface area contributed by atoms with Gasteiger partial charge < -0.3 is 4.90 Å². The molecule has 1 aliphatic heterocycles. The lowest BCUT2D eigenvalue weighted by Gasteiger charge is -2.35. The molecule has 0 spiro atoms. The lowest BCUT2D eigenvalue weighted by Crippen LogP contribution is -2.47. The predicted octanol–water partition coefficient (Wildman–Crippen LogP) is 2.22. The van der Waals surface area contributed by atoms with Crippen LogP contribution in [0.4, 0.5) is 0 Å². The molecule has 1 heterocycles. The Morgan fingerprint density at radius 2 is 2.07 bits per heavy atom. The number of thiocarbonyl (C=S) groups is 1. The smallest absolute Gasteiger partial charge is 0.136 e. The molecule has 4 heteroatoms. The van der Waals surface area contributed by atoms with E-state index in [1.54, 1.807) is 0 Å². The highest BCUT2D eigenvalue weighted by Crippen LogP contribution is 2.13. The van der Waals surface area contributed by atoms with Crippen molar-refractivity contribution >= 4 is 28.3 Å². The number of thioether (sulfide) groups is 1. The van der Waals surface area contributed by atoms with Gasteiger partial charge in [0.05, 0.1) is 0 Å². The minimum absolute atomic E-state index is 1.00. The Bertz CT molecular complexity index is 211. The quantitative estimate of drug-likeness (QED) is 0.552. The van der Waals surface area contributed by atoms with Gasteiger partial charge in [-0.2, -0.15) is 0 Å². The van der Waals surface area contributed by atoms with E-state index in [-0.39, 0.29) is 0 Å². The Kier molecular flexibility index (Phi) is 6.29. The number of rotatable bonds is 4. The van der Waals surface area contributed by atoms with Gasteiger partial charge in [0.1, 0.15) is 4.32 Å². The van der Waals surface area contributed by atoms with E-state index < -0.39 is 0 Å². The maximum atomic E-state index is 5.39. The first-order chi connectivity index (χ1) is 7.27. The minimum Gasteiger partial charge on any atom is -0.355 e. The van der Waals surface area contributed by atoms with Crippen LogP contribution in [-0.4, -0.2) is 52.6 Å². The summed E-state index contributed by atoms with van der Waals surface area (Å²) < 4.78 is 1.08. The van der Waals surface area contributed by atoms with Crippen LogP contribution < -0.4 is 0 Å². The first kappa shape index (κ1) is 13.0. The molecular weight excluding hydrogens is 224 g/mol. The Morgan fingerprint density at radius 1 is 1.40 bits per heavy atom. The average Bonchev–Trinajstić information content (AvgIpc) is 2.27. The fraction of sp³-hybridized carbons (Fsp3) is 0.727. The molecule has 0 unspecified atom stereocenters. The summed E-state index contributed by atoms with van der Waals surface area (Å²) >= 11 is 7.21. The molecule has 0 N–H and O–H groups in total. The van der Waals surface area contributed by atoms with Crippen LogP contribution in [-0.2, 0) is 0 Å². The summed E-state index contributed by atoms with van der Waals surface area (Å²) in [5.41, 5.74) is 0. The highest BCUT2D eigenvalue weighted by atomic mass is 32.2. The van der Waals surface area contributed by atoms with Gasteiger partial charge in [0.15, 0.2) is 0 Å². The SMILES string of the molecule is C=CCN1CCN(C(=S)SCCC)CC1. The molecule has 1 saturated heterocycles. The third-order valence-electron chi connectivity index (χ3n) is 2.45. The molecule has 0 aromatic carbocycles. The summed E-state index contributed by atoms with van der Waals surface area (Å²) in [6.07, 6.45) is 3.17. The molecule has 0 atom stereocenters. The maximum Gasteiger partial charge on any atom is 0.136 e. The highest BCUT2D eigenvalue weighted by molar-refractivity contribution is 8.22. The van der Waals surface area contributed by atoms with E-state index in [2.05, 4.69) is 23.3 Å². The molecule has 0 bridgehead atoms. The van der Waals surface area contributed by atoms with E-state index in [1.807, 2.05) is 17.8 Å². The van der Waals surface area contributed by atoms with Crippen LogP contribution >= 0.6 is 24.0 Å². The molecule has 0 aromatic heterocycles. The highest BCUT2D eigenvalue weighted by Gasteiger charge is 2.17. The van der Waals surface area contributed by atoms with E-state index >= 15 is 0 Å². The molecule has 0 saturated carbocycles. The van der Waals surface area contributed by atoms with E-state index in [0.717, 1.165) is 42.8 Å². The van der Waals surface area contributed by atoms with E-state index in [0.29, 0.717) is 0 Å². The zero-order valence-corrected chi connectivity index (χ0v) is 11.1. The average molecular weight is 244 g/mol. The van der Waals surface area contributed by atoms with Crippen LogP contribution in [0.5, 0.6) is 0 Å². The van der Waals surface area contributed by atoms with Crippen LogP contribution in [0.3, 0.4) is 0 Å². The van der Waals surface area contributed by atoms with Crippen molar-refractivity contribution in [2.24, 2.45) is 0 Å². The standard InChI is InChI=1S/C11H20N2S2/c1-3-5-12-6-8-13(9-7-12)11(14)15-10-4-2/h3H,1,4-10H2,2H3. The number of nitrogens with zero attached hydrogens (tertiary/aromatic N) is 2.